The largest absolute Gasteiger partial charge is 0.279 e. The number of pyridine rings is 1. The highest BCUT2D eigenvalue weighted by atomic mass is 35.5. The molecular weight excluding hydrogens is 317 g/mol. The lowest BCUT2D eigenvalue weighted by Gasteiger charge is -2.12. The molecule has 8 heteroatoms. The molecule has 21 heavy (non-hydrogen) atoms. The van der Waals surface area contributed by atoms with Crippen LogP contribution in [0.15, 0.2) is 35.5 Å². The number of nitriles is 1. The lowest BCUT2D eigenvalue weighted by atomic mass is 10.1. The number of nitrogens with one attached hydrogen (secondary N) is 1. The second-order valence-electron chi connectivity index (χ2n) is 4.15. The highest BCUT2D eigenvalue weighted by molar-refractivity contribution is 7.92. The van der Waals surface area contributed by atoms with Gasteiger partial charge in [-0.25, -0.2) is 12.8 Å². The minimum absolute atomic E-state index is 0.00735. The van der Waals surface area contributed by atoms with Gasteiger partial charge in [0.25, 0.3) is 10.0 Å². The van der Waals surface area contributed by atoms with Crippen LogP contribution >= 0.6 is 11.6 Å². The first-order chi connectivity index (χ1) is 9.85. The number of anilines is 1. The Morgan fingerprint density at radius 3 is 2.76 bits per heavy atom. The highest BCUT2D eigenvalue weighted by Gasteiger charge is 2.20. The van der Waals surface area contributed by atoms with Gasteiger partial charge in [0.05, 0.1) is 22.3 Å². The van der Waals surface area contributed by atoms with Crippen LogP contribution in [0.2, 0.25) is 5.02 Å². The molecule has 0 fully saturated rings. The van der Waals surface area contributed by atoms with Crippen molar-refractivity contribution in [1.29, 1.82) is 5.26 Å². The maximum Gasteiger partial charge on any atom is 0.264 e. The fourth-order valence-electron chi connectivity index (χ4n) is 1.61. The quantitative estimate of drug-likeness (QED) is 0.940. The molecule has 5 nitrogen and oxygen atoms in total. The van der Waals surface area contributed by atoms with E-state index in [1.807, 2.05) is 0 Å². The molecule has 1 N–H and O–H groups in total. The van der Waals surface area contributed by atoms with Crippen LogP contribution in [-0.4, -0.2) is 13.4 Å². The van der Waals surface area contributed by atoms with Crippen LogP contribution in [0.1, 0.15) is 11.1 Å². The number of hydrogen-bond donors (Lipinski definition) is 1. The number of sulfonamides is 1. The average molecular weight is 326 g/mol. The van der Waals surface area contributed by atoms with Crippen molar-refractivity contribution in [3.05, 3.63) is 52.6 Å². The molecular formula is C13H9ClFN3O2S. The molecule has 1 heterocycles. The number of rotatable bonds is 3. The summed E-state index contributed by atoms with van der Waals surface area (Å²) in [6.07, 6.45) is 2.44. The van der Waals surface area contributed by atoms with Crippen LogP contribution in [0.4, 0.5) is 10.1 Å². The van der Waals surface area contributed by atoms with E-state index in [2.05, 4.69) is 9.71 Å². The van der Waals surface area contributed by atoms with Gasteiger partial charge in [-0.3, -0.25) is 9.71 Å². The van der Waals surface area contributed by atoms with E-state index in [1.54, 1.807) is 6.07 Å². The zero-order valence-electron chi connectivity index (χ0n) is 10.8. The van der Waals surface area contributed by atoms with E-state index in [4.69, 9.17) is 16.9 Å². The molecule has 0 unspecified atom stereocenters. The van der Waals surface area contributed by atoms with Gasteiger partial charge in [0.1, 0.15) is 10.7 Å². The normalized spacial score (nSPS) is 11.0. The van der Waals surface area contributed by atoms with Gasteiger partial charge in [-0.1, -0.05) is 11.6 Å². The average Bonchev–Trinajstić information content (AvgIpc) is 2.43. The van der Waals surface area contributed by atoms with E-state index in [1.165, 1.54) is 25.3 Å². The third-order valence-corrected chi connectivity index (χ3v) is 4.58. The maximum atomic E-state index is 13.7. The van der Waals surface area contributed by atoms with E-state index in [0.717, 1.165) is 12.3 Å². The molecule has 0 aliphatic heterocycles. The van der Waals surface area contributed by atoms with Gasteiger partial charge in [-0.2, -0.15) is 5.26 Å². The zero-order chi connectivity index (χ0) is 15.6. The van der Waals surface area contributed by atoms with Crippen molar-refractivity contribution in [2.45, 2.75) is 11.8 Å². The summed E-state index contributed by atoms with van der Waals surface area (Å²) in [4.78, 5) is 3.47. The Hall–Kier alpha value is -2.17. The molecule has 1 aromatic carbocycles. The third-order valence-electron chi connectivity index (χ3n) is 2.74. The summed E-state index contributed by atoms with van der Waals surface area (Å²) >= 11 is 5.82. The summed E-state index contributed by atoms with van der Waals surface area (Å²) < 4.78 is 40.4. The summed E-state index contributed by atoms with van der Waals surface area (Å²) in [5, 5.41) is 8.80. The smallest absolute Gasteiger partial charge is 0.264 e. The van der Waals surface area contributed by atoms with Crippen LogP contribution in [0.25, 0.3) is 0 Å². The fourth-order valence-corrected chi connectivity index (χ4v) is 3.16. The van der Waals surface area contributed by atoms with Crippen LogP contribution in [-0.2, 0) is 10.0 Å². The molecule has 0 aliphatic rings. The molecule has 0 aliphatic carbocycles. The van der Waals surface area contributed by atoms with E-state index in [-0.39, 0.29) is 26.7 Å². The predicted octanol–water partition coefficient (Wildman–Crippen LogP) is 2.86. The molecule has 2 aromatic rings. The van der Waals surface area contributed by atoms with Gasteiger partial charge in [0, 0.05) is 18.0 Å². The molecule has 2 rings (SSSR count). The highest BCUT2D eigenvalue weighted by Crippen LogP contribution is 2.26. The van der Waals surface area contributed by atoms with Gasteiger partial charge >= 0.3 is 0 Å². The van der Waals surface area contributed by atoms with E-state index in [9.17, 15) is 12.8 Å². The molecule has 0 atom stereocenters. The van der Waals surface area contributed by atoms with Crippen molar-refractivity contribution in [3.63, 3.8) is 0 Å². The summed E-state index contributed by atoms with van der Waals surface area (Å²) in [7, 11) is -4.03. The first-order valence-corrected chi connectivity index (χ1v) is 7.54. The Morgan fingerprint density at radius 1 is 1.43 bits per heavy atom. The summed E-state index contributed by atoms with van der Waals surface area (Å²) in [6.45, 7) is 1.40. The van der Waals surface area contributed by atoms with Crippen molar-refractivity contribution < 1.29 is 12.8 Å². The maximum absolute atomic E-state index is 13.7. The molecule has 108 valence electrons. The Kier molecular flexibility index (Phi) is 4.11. The number of aromatic nitrogens is 1. The van der Waals surface area contributed by atoms with E-state index >= 15 is 0 Å². The van der Waals surface area contributed by atoms with Crippen LogP contribution in [0.3, 0.4) is 0 Å². The van der Waals surface area contributed by atoms with Crippen molar-refractivity contribution >= 4 is 27.3 Å². The molecule has 0 saturated carbocycles. The number of nitrogens with zero attached hydrogens (tertiary/aromatic N) is 2. The second kappa shape index (κ2) is 5.68. The topological polar surface area (TPSA) is 82.9 Å². The molecule has 0 amide bonds. The lowest BCUT2D eigenvalue weighted by Crippen LogP contribution is -2.15. The standard InChI is InChI=1S/C13H9ClFN3O2S/c1-8-11(15)4-9(6-16)5-12(8)18-21(19,20)13-7-17-3-2-10(13)14/h2-5,7,18H,1H3. The molecule has 0 spiro atoms. The second-order valence-corrected chi connectivity index (χ2v) is 6.21. The van der Waals surface area contributed by atoms with Crippen molar-refractivity contribution in [2.75, 3.05) is 4.72 Å². The Balaban J connectivity index is 2.50. The number of halogens is 2. The summed E-state index contributed by atoms with van der Waals surface area (Å²) in [5.41, 5.74) is 0.0668. The van der Waals surface area contributed by atoms with Crippen molar-refractivity contribution in [1.82, 2.24) is 4.98 Å². The summed E-state index contributed by atoms with van der Waals surface area (Å²) in [5.74, 6) is -0.677. The van der Waals surface area contributed by atoms with Gasteiger partial charge in [-0.05, 0) is 25.1 Å². The molecule has 0 bridgehead atoms. The van der Waals surface area contributed by atoms with Gasteiger partial charge in [-0.15, -0.1) is 0 Å². The van der Waals surface area contributed by atoms with E-state index in [0.29, 0.717) is 0 Å². The van der Waals surface area contributed by atoms with Gasteiger partial charge in [0.15, 0.2) is 0 Å². The van der Waals surface area contributed by atoms with E-state index < -0.39 is 15.8 Å². The molecule has 1 aromatic heterocycles. The Morgan fingerprint density at radius 2 is 2.14 bits per heavy atom. The SMILES string of the molecule is Cc1c(F)cc(C#N)cc1NS(=O)(=O)c1cnccc1Cl. The van der Waals surface area contributed by atoms with Crippen LogP contribution in [0, 0.1) is 24.1 Å². The van der Waals surface area contributed by atoms with Crippen LogP contribution < -0.4 is 4.72 Å². The predicted molar refractivity (Wildman–Crippen MR) is 75.9 cm³/mol. The Labute approximate surface area is 126 Å². The minimum atomic E-state index is -4.03. The first kappa shape index (κ1) is 15.2. The van der Waals surface area contributed by atoms with Gasteiger partial charge < -0.3 is 0 Å². The Bertz CT molecular complexity index is 847. The molecule has 0 radical (unpaired) electrons. The summed E-state index contributed by atoms with van der Waals surface area (Å²) in [6, 6.07) is 5.37. The third kappa shape index (κ3) is 3.12. The number of hydrogen-bond acceptors (Lipinski definition) is 4. The van der Waals surface area contributed by atoms with Crippen molar-refractivity contribution in [3.8, 4) is 6.07 Å². The fraction of sp³-hybridized carbons (Fsp3) is 0.0769. The molecule has 0 saturated heterocycles. The van der Waals surface area contributed by atoms with Gasteiger partial charge in [0.2, 0.25) is 0 Å². The minimum Gasteiger partial charge on any atom is -0.279 e. The zero-order valence-corrected chi connectivity index (χ0v) is 12.3. The monoisotopic (exact) mass is 325 g/mol. The first-order valence-electron chi connectivity index (χ1n) is 5.67. The van der Waals surface area contributed by atoms with Crippen molar-refractivity contribution in [2.24, 2.45) is 0 Å². The number of benzene rings is 1. The lowest BCUT2D eigenvalue weighted by molar-refractivity contribution is 0.600. The van der Waals surface area contributed by atoms with Crippen LogP contribution in [0.5, 0.6) is 0 Å².